The van der Waals surface area contributed by atoms with Crippen molar-refractivity contribution in [1.82, 2.24) is 15.5 Å². The van der Waals surface area contributed by atoms with Crippen molar-refractivity contribution in [1.29, 1.82) is 0 Å². The van der Waals surface area contributed by atoms with E-state index in [-0.39, 0.29) is 24.0 Å². The van der Waals surface area contributed by atoms with Gasteiger partial charge in [-0.3, -0.25) is 4.79 Å². The Labute approximate surface area is 141 Å². The minimum Gasteiger partial charge on any atom is -0.352 e. The number of fused-ring (bicyclic) bond motifs is 1. The van der Waals surface area contributed by atoms with E-state index >= 15 is 0 Å². The van der Waals surface area contributed by atoms with E-state index in [1.165, 1.54) is 17.4 Å². The molecule has 2 aliphatic heterocycles. The Bertz CT molecular complexity index is 593. The maximum Gasteiger partial charge on any atom is 0.317 e. The van der Waals surface area contributed by atoms with Gasteiger partial charge in [0, 0.05) is 36.7 Å². The van der Waals surface area contributed by atoms with Crippen molar-refractivity contribution in [3.8, 4) is 0 Å². The van der Waals surface area contributed by atoms with Crippen molar-refractivity contribution in [2.75, 3.05) is 18.8 Å². The van der Waals surface area contributed by atoms with Crippen molar-refractivity contribution in [2.45, 2.75) is 43.2 Å². The fourth-order valence-corrected chi connectivity index (χ4v) is 4.42. The summed E-state index contributed by atoms with van der Waals surface area (Å²) >= 11 is 1.85. The van der Waals surface area contributed by atoms with Crippen LogP contribution in [0.4, 0.5) is 4.79 Å². The molecule has 6 heteroatoms. The maximum atomic E-state index is 12.6. The first-order valence-corrected chi connectivity index (χ1v) is 9.16. The second-order valence-electron chi connectivity index (χ2n) is 6.16. The Morgan fingerprint density at radius 1 is 1.22 bits per heavy atom. The lowest BCUT2D eigenvalue weighted by Crippen LogP contribution is -2.52. The molecule has 1 aromatic rings. The number of nitrogens with one attached hydrogen (secondary N) is 2. The predicted octanol–water partition coefficient (Wildman–Crippen LogP) is 2.53. The molecule has 0 unspecified atom stereocenters. The van der Waals surface area contributed by atoms with Gasteiger partial charge in [0.05, 0.1) is 6.04 Å². The molecule has 2 heterocycles. The second-order valence-corrected chi connectivity index (χ2v) is 7.30. The minimum absolute atomic E-state index is 0.0215. The average Bonchev–Trinajstić information content (AvgIpc) is 2.55. The van der Waals surface area contributed by atoms with Crippen LogP contribution in [0.25, 0.3) is 0 Å². The van der Waals surface area contributed by atoms with Crippen LogP contribution in [-0.4, -0.2) is 41.7 Å². The molecule has 2 atom stereocenters. The van der Waals surface area contributed by atoms with Crippen LogP contribution in [0.2, 0.25) is 0 Å². The lowest BCUT2D eigenvalue weighted by Gasteiger charge is -2.35. The average molecular weight is 333 g/mol. The van der Waals surface area contributed by atoms with Gasteiger partial charge in [0.1, 0.15) is 0 Å². The highest BCUT2D eigenvalue weighted by atomic mass is 32.2. The molecule has 0 aromatic heterocycles. The molecule has 2 N–H and O–H groups in total. The molecule has 3 rings (SSSR count). The van der Waals surface area contributed by atoms with Crippen LogP contribution in [0.5, 0.6) is 0 Å². The Kier molecular flexibility index (Phi) is 5.10. The number of hydrogen-bond donors (Lipinski definition) is 2. The Hall–Kier alpha value is -1.69. The molecule has 0 saturated carbocycles. The van der Waals surface area contributed by atoms with Gasteiger partial charge in [-0.05, 0) is 30.9 Å². The van der Waals surface area contributed by atoms with Gasteiger partial charge >= 0.3 is 6.03 Å². The van der Waals surface area contributed by atoms with E-state index in [4.69, 9.17) is 0 Å². The van der Waals surface area contributed by atoms with E-state index in [2.05, 4.69) is 22.8 Å². The topological polar surface area (TPSA) is 61.4 Å². The first-order chi connectivity index (χ1) is 11.1. The summed E-state index contributed by atoms with van der Waals surface area (Å²) in [5.41, 5.74) is 1.22. The molecule has 124 valence electrons. The summed E-state index contributed by atoms with van der Waals surface area (Å²) in [7, 11) is 0. The molecule has 23 heavy (non-hydrogen) atoms. The molecule has 1 aromatic carbocycles. The number of thioether (sulfide) groups is 1. The first kappa shape index (κ1) is 16.2. The highest BCUT2D eigenvalue weighted by Crippen LogP contribution is 2.35. The molecular formula is C17H23N3O2S. The van der Waals surface area contributed by atoms with Crippen LogP contribution in [0, 0.1) is 0 Å². The summed E-state index contributed by atoms with van der Waals surface area (Å²) in [5, 5.41) is 6.10. The van der Waals surface area contributed by atoms with E-state index in [1.807, 2.05) is 28.8 Å². The van der Waals surface area contributed by atoms with Gasteiger partial charge in [0.15, 0.2) is 0 Å². The molecule has 3 amide bonds. The summed E-state index contributed by atoms with van der Waals surface area (Å²) < 4.78 is 0. The molecule has 0 aliphatic carbocycles. The van der Waals surface area contributed by atoms with Crippen molar-refractivity contribution in [2.24, 2.45) is 0 Å². The molecular weight excluding hydrogens is 310 g/mol. The quantitative estimate of drug-likeness (QED) is 0.874. The maximum absolute atomic E-state index is 12.6. The standard InChI is InChI=1S/C17H23N3O2S/c1-12(21)18-13-5-4-9-20(11-13)17(22)19-15-8-10-23-16-7-3-2-6-14(15)16/h2-3,6-7,13,15H,4-5,8-11H2,1H3,(H,18,21)(H,19,22)/t13-,15+/m0/s1. The number of carbonyl (C=O) groups excluding carboxylic acids is 2. The van der Waals surface area contributed by atoms with Gasteiger partial charge in [0.2, 0.25) is 5.91 Å². The fraction of sp³-hybridized carbons (Fsp3) is 0.529. The largest absolute Gasteiger partial charge is 0.352 e. The van der Waals surface area contributed by atoms with Gasteiger partial charge in [-0.1, -0.05) is 18.2 Å². The van der Waals surface area contributed by atoms with E-state index in [0.717, 1.165) is 31.6 Å². The number of piperidine rings is 1. The number of nitrogens with zero attached hydrogens (tertiary/aromatic N) is 1. The number of benzene rings is 1. The number of rotatable bonds is 2. The van der Waals surface area contributed by atoms with Crippen LogP contribution in [0.15, 0.2) is 29.2 Å². The van der Waals surface area contributed by atoms with Gasteiger partial charge < -0.3 is 15.5 Å². The zero-order valence-electron chi connectivity index (χ0n) is 13.4. The highest BCUT2D eigenvalue weighted by molar-refractivity contribution is 7.99. The molecule has 0 bridgehead atoms. The third-order valence-corrected chi connectivity index (χ3v) is 5.49. The molecule has 1 saturated heterocycles. The minimum atomic E-state index is -0.0320. The number of amides is 3. The van der Waals surface area contributed by atoms with Crippen LogP contribution in [0.3, 0.4) is 0 Å². The molecule has 1 fully saturated rings. The smallest absolute Gasteiger partial charge is 0.317 e. The predicted molar refractivity (Wildman–Crippen MR) is 91.5 cm³/mol. The summed E-state index contributed by atoms with van der Waals surface area (Å²) in [5.74, 6) is 0.992. The van der Waals surface area contributed by atoms with E-state index < -0.39 is 0 Å². The third-order valence-electron chi connectivity index (χ3n) is 4.37. The summed E-state index contributed by atoms with van der Waals surface area (Å²) in [6.45, 7) is 2.87. The van der Waals surface area contributed by atoms with Crippen LogP contribution in [0.1, 0.15) is 37.8 Å². The van der Waals surface area contributed by atoms with E-state index in [9.17, 15) is 9.59 Å². The number of likely N-dealkylation sites (tertiary alicyclic amines) is 1. The highest BCUT2D eigenvalue weighted by Gasteiger charge is 2.27. The summed E-state index contributed by atoms with van der Waals surface area (Å²) in [4.78, 5) is 26.9. The van der Waals surface area contributed by atoms with Gasteiger partial charge in [0.25, 0.3) is 0 Å². The second kappa shape index (κ2) is 7.25. The molecule has 0 radical (unpaired) electrons. The summed E-state index contributed by atoms with van der Waals surface area (Å²) in [6, 6.07) is 8.42. The number of carbonyl (C=O) groups is 2. The van der Waals surface area contributed by atoms with Crippen molar-refractivity contribution in [3.05, 3.63) is 29.8 Å². The third kappa shape index (κ3) is 3.99. The SMILES string of the molecule is CC(=O)N[C@H]1CCCN(C(=O)N[C@@H]2CCSc3ccccc32)C1. The lowest BCUT2D eigenvalue weighted by molar-refractivity contribution is -0.119. The van der Waals surface area contributed by atoms with E-state index in [1.54, 1.807) is 0 Å². The fourth-order valence-electron chi connectivity index (χ4n) is 3.30. The first-order valence-electron chi connectivity index (χ1n) is 8.18. The van der Waals surface area contributed by atoms with Crippen molar-refractivity contribution in [3.63, 3.8) is 0 Å². The zero-order valence-corrected chi connectivity index (χ0v) is 14.2. The normalized spacial score (nSPS) is 23.8. The van der Waals surface area contributed by atoms with Gasteiger partial charge in [-0.2, -0.15) is 0 Å². The summed E-state index contributed by atoms with van der Waals surface area (Å²) in [6.07, 6.45) is 2.82. The van der Waals surface area contributed by atoms with Crippen molar-refractivity contribution < 1.29 is 9.59 Å². The van der Waals surface area contributed by atoms with E-state index in [0.29, 0.717) is 6.54 Å². The lowest BCUT2D eigenvalue weighted by atomic mass is 10.0. The Morgan fingerprint density at radius 2 is 2.04 bits per heavy atom. The Morgan fingerprint density at radius 3 is 2.87 bits per heavy atom. The van der Waals surface area contributed by atoms with Crippen LogP contribution in [-0.2, 0) is 4.79 Å². The zero-order chi connectivity index (χ0) is 16.2. The van der Waals surface area contributed by atoms with Gasteiger partial charge in [-0.15, -0.1) is 11.8 Å². The van der Waals surface area contributed by atoms with Gasteiger partial charge in [-0.25, -0.2) is 4.79 Å². The van der Waals surface area contributed by atoms with Crippen LogP contribution >= 0.6 is 11.8 Å². The molecule has 5 nitrogen and oxygen atoms in total. The monoisotopic (exact) mass is 333 g/mol. The molecule has 2 aliphatic rings. The van der Waals surface area contributed by atoms with Crippen LogP contribution < -0.4 is 10.6 Å². The number of hydrogen-bond acceptors (Lipinski definition) is 3. The molecule has 0 spiro atoms. The number of urea groups is 1. The Balaban J connectivity index is 1.62. The van der Waals surface area contributed by atoms with Crippen molar-refractivity contribution >= 4 is 23.7 Å².